The Labute approximate surface area is 88.1 Å². The number of methoxy groups -OCH3 is 1. The van der Waals surface area contributed by atoms with Crippen LogP contribution in [0.25, 0.3) is 0 Å². The second-order valence-electron chi connectivity index (χ2n) is 3.01. The molecular formula is C10H15NO2S. The van der Waals surface area contributed by atoms with E-state index in [1.165, 1.54) is 7.11 Å². The fourth-order valence-corrected chi connectivity index (χ4v) is 2.38. The van der Waals surface area contributed by atoms with Gasteiger partial charge in [0.1, 0.15) is 5.00 Å². The lowest BCUT2D eigenvalue weighted by atomic mass is 10.1. The molecule has 0 aliphatic heterocycles. The summed E-state index contributed by atoms with van der Waals surface area (Å²) in [5.41, 5.74) is 1.69. The lowest BCUT2D eigenvalue weighted by Gasteiger charge is -2.03. The maximum absolute atomic E-state index is 11.5. The minimum absolute atomic E-state index is 0.261. The summed E-state index contributed by atoms with van der Waals surface area (Å²) >= 11 is 1.60. The average Bonchev–Trinajstić information content (AvgIpc) is 2.43. The van der Waals surface area contributed by atoms with E-state index in [2.05, 4.69) is 5.32 Å². The summed E-state index contributed by atoms with van der Waals surface area (Å²) in [6, 6.07) is 0. The quantitative estimate of drug-likeness (QED) is 0.784. The predicted octanol–water partition coefficient (Wildman–Crippen LogP) is 2.58. The second kappa shape index (κ2) is 4.46. The molecule has 0 aromatic carbocycles. The Hall–Kier alpha value is -1.03. The summed E-state index contributed by atoms with van der Waals surface area (Å²) in [7, 11) is 1.41. The first-order chi connectivity index (χ1) is 6.61. The van der Waals surface area contributed by atoms with E-state index in [1.54, 1.807) is 11.3 Å². The molecule has 1 aromatic rings. The number of carbonyl (C=O) groups is 1. The zero-order valence-electron chi connectivity index (χ0n) is 8.93. The number of carbonyl (C=O) groups excluding carboxylic acids is 1. The van der Waals surface area contributed by atoms with Crippen LogP contribution in [-0.2, 0) is 4.74 Å². The minimum Gasteiger partial charge on any atom is -0.465 e. The Balaban J connectivity index is 3.15. The topological polar surface area (TPSA) is 38.3 Å². The predicted molar refractivity (Wildman–Crippen MR) is 59.3 cm³/mol. The van der Waals surface area contributed by atoms with E-state index in [4.69, 9.17) is 4.74 Å². The highest BCUT2D eigenvalue weighted by molar-refractivity contribution is 7.16. The fourth-order valence-electron chi connectivity index (χ4n) is 1.26. The lowest BCUT2D eigenvalue weighted by Crippen LogP contribution is -2.06. The highest BCUT2D eigenvalue weighted by atomic mass is 32.1. The van der Waals surface area contributed by atoms with Crippen LogP contribution in [0.15, 0.2) is 0 Å². The summed E-state index contributed by atoms with van der Waals surface area (Å²) in [6.45, 7) is 6.76. The zero-order chi connectivity index (χ0) is 10.7. The Morgan fingerprint density at radius 3 is 2.64 bits per heavy atom. The van der Waals surface area contributed by atoms with Gasteiger partial charge in [0.25, 0.3) is 0 Å². The molecule has 0 amide bonds. The minimum atomic E-state index is -0.261. The summed E-state index contributed by atoms with van der Waals surface area (Å²) in [5.74, 6) is -0.261. The molecule has 0 unspecified atom stereocenters. The van der Waals surface area contributed by atoms with Crippen molar-refractivity contribution in [1.29, 1.82) is 0 Å². The van der Waals surface area contributed by atoms with Gasteiger partial charge in [-0.1, -0.05) is 0 Å². The molecule has 14 heavy (non-hydrogen) atoms. The number of rotatable bonds is 3. The number of thiophene rings is 1. The number of esters is 1. The van der Waals surface area contributed by atoms with E-state index < -0.39 is 0 Å². The van der Waals surface area contributed by atoms with Crippen molar-refractivity contribution in [2.45, 2.75) is 20.8 Å². The molecule has 78 valence electrons. The van der Waals surface area contributed by atoms with Crippen LogP contribution in [0.4, 0.5) is 5.00 Å². The van der Waals surface area contributed by atoms with Crippen molar-refractivity contribution in [3.05, 3.63) is 16.0 Å². The summed E-state index contributed by atoms with van der Waals surface area (Å²) in [6.07, 6.45) is 0. The van der Waals surface area contributed by atoms with E-state index in [1.807, 2.05) is 20.8 Å². The first-order valence-corrected chi connectivity index (χ1v) is 5.35. The third-order valence-corrected chi connectivity index (χ3v) is 3.28. The van der Waals surface area contributed by atoms with Crippen molar-refractivity contribution >= 4 is 22.3 Å². The van der Waals surface area contributed by atoms with Crippen LogP contribution in [0.1, 0.15) is 27.7 Å². The van der Waals surface area contributed by atoms with Crippen molar-refractivity contribution in [3.8, 4) is 0 Å². The molecule has 1 N–H and O–H groups in total. The lowest BCUT2D eigenvalue weighted by molar-refractivity contribution is 0.0601. The van der Waals surface area contributed by atoms with Gasteiger partial charge in [-0.15, -0.1) is 11.3 Å². The highest BCUT2D eigenvalue weighted by Crippen LogP contribution is 2.32. The molecule has 1 rings (SSSR count). The molecular weight excluding hydrogens is 198 g/mol. The van der Waals surface area contributed by atoms with Crippen LogP contribution in [0.2, 0.25) is 0 Å². The maximum Gasteiger partial charge on any atom is 0.341 e. The van der Waals surface area contributed by atoms with Crippen molar-refractivity contribution < 1.29 is 9.53 Å². The van der Waals surface area contributed by atoms with E-state index in [0.717, 1.165) is 22.0 Å². The van der Waals surface area contributed by atoms with Crippen LogP contribution >= 0.6 is 11.3 Å². The largest absolute Gasteiger partial charge is 0.465 e. The molecule has 0 fully saturated rings. The van der Waals surface area contributed by atoms with E-state index in [9.17, 15) is 4.79 Å². The summed E-state index contributed by atoms with van der Waals surface area (Å²) < 4.78 is 4.75. The Morgan fingerprint density at radius 1 is 1.50 bits per heavy atom. The highest BCUT2D eigenvalue weighted by Gasteiger charge is 2.19. The van der Waals surface area contributed by atoms with Crippen LogP contribution in [0, 0.1) is 13.8 Å². The number of anilines is 1. The maximum atomic E-state index is 11.5. The van der Waals surface area contributed by atoms with Crippen LogP contribution in [0.3, 0.4) is 0 Å². The van der Waals surface area contributed by atoms with Crippen molar-refractivity contribution in [2.75, 3.05) is 19.0 Å². The molecule has 1 aromatic heterocycles. The molecule has 0 spiro atoms. The van der Waals surface area contributed by atoms with Gasteiger partial charge in [-0.3, -0.25) is 0 Å². The molecule has 0 atom stereocenters. The first-order valence-electron chi connectivity index (χ1n) is 4.54. The summed E-state index contributed by atoms with van der Waals surface area (Å²) in [5, 5.41) is 4.08. The number of hydrogen-bond donors (Lipinski definition) is 1. The van der Waals surface area contributed by atoms with E-state index >= 15 is 0 Å². The number of hydrogen-bond acceptors (Lipinski definition) is 4. The second-order valence-corrected chi connectivity index (χ2v) is 4.23. The Bertz CT molecular complexity index is 344. The molecule has 4 heteroatoms. The molecule has 0 aliphatic rings. The fraction of sp³-hybridized carbons (Fsp3) is 0.500. The molecule has 0 radical (unpaired) electrons. The van der Waals surface area contributed by atoms with Crippen LogP contribution in [0.5, 0.6) is 0 Å². The van der Waals surface area contributed by atoms with Gasteiger partial charge in [-0.05, 0) is 26.3 Å². The number of ether oxygens (including phenoxy) is 1. The third kappa shape index (κ3) is 1.90. The Morgan fingerprint density at radius 2 is 2.14 bits per heavy atom. The van der Waals surface area contributed by atoms with Gasteiger partial charge >= 0.3 is 5.97 Å². The zero-order valence-corrected chi connectivity index (χ0v) is 9.75. The van der Waals surface area contributed by atoms with Gasteiger partial charge in [-0.2, -0.15) is 0 Å². The van der Waals surface area contributed by atoms with E-state index in [-0.39, 0.29) is 5.97 Å². The van der Waals surface area contributed by atoms with Crippen molar-refractivity contribution in [2.24, 2.45) is 0 Å². The van der Waals surface area contributed by atoms with Gasteiger partial charge in [0, 0.05) is 11.4 Å². The molecule has 0 bridgehead atoms. The van der Waals surface area contributed by atoms with Gasteiger partial charge in [0.2, 0.25) is 0 Å². The number of nitrogens with one attached hydrogen (secondary N) is 1. The molecule has 0 saturated heterocycles. The first kappa shape index (κ1) is 11.0. The molecule has 3 nitrogen and oxygen atoms in total. The SMILES string of the molecule is CCNc1sc(C)c(C)c1C(=O)OC. The van der Waals surface area contributed by atoms with Gasteiger partial charge in [0.05, 0.1) is 12.7 Å². The Kier molecular flexibility index (Phi) is 3.52. The smallest absolute Gasteiger partial charge is 0.341 e. The van der Waals surface area contributed by atoms with Crippen LogP contribution < -0.4 is 5.32 Å². The standard InChI is InChI=1S/C10H15NO2S/c1-5-11-9-8(10(12)13-4)6(2)7(3)14-9/h11H,5H2,1-4H3. The molecule has 1 heterocycles. The normalized spacial score (nSPS) is 10.0. The van der Waals surface area contributed by atoms with Crippen LogP contribution in [-0.4, -0.2) is 19.6 Å². The van der Waals surface area contributed by atoms with Gasteiger partial charge in [0.15, 0.2) is 0 Å². The van der Waals surface area contributed by atoms with Gasteiger partial charge < -0.3 is 10.1 Å². The summed E-state index contributed by atoms with van der Waals surface area (Å²) in [4.78, 5) is 12.6. The van der Waals surface area contributed by atoms with Crippen molar-refractivity contribution in [1.82, 2.24) is 0 Å². The third-order valence-electron chi connectivity index (χ3n) is 2.11. The molecule has 0 aliphatic carbocycles. The monoisotopic (exact) mass is 213 g/mol. The van der Waals surface area contributed by atoms with E-state index in [0.29, 0.717) is 5.56 Å². The average molecular weight is 213 g/mol. The number of aryl methyl sites for hydroxylation is 1. The van der Waals surface area contributed by atoms with Gasteiger partial charge in [-0.25, -0.2) is 4.79 Å². The van der Waals surface area contributed by atoms with Crippen molar-refractivity contribution in [3.63, 3.8) is 0 Å². The molecule has 0 saturated carbocycles.